The van der Waals surface area contributed by atoms with Crippen LogP contribution in [0.4, 0.5) is 4.79 Å². The number of carboxylic acid groups (broad SMARTS) is 1. The lowest BCUT2D eigenvalue weighted by Gasteiger charge is -2.26. The number of primary amides is 1. The monoisotopic (exact) mass is 245 g/mol. The van der Waals surface area contributed by atoms with Crippen molar-refractivity contribution in [3.8, 4) is 0 Å². The highest BCUT2D eigenvalue weighted by Gasteiger charge is 2.21. The number of nitrogens with one attached hydrogen (secondary N) is 1. The molecular formula is C10H19N3O4. The van der Waals surface area contributed by atoms with Gasteiger partial charge < -0.3 is 21.1 Å². The van der Waals surface area contributed by atoms with Gasteiger partial charge in [0.1, 0.15) is 6.54 Å². The number of hydrogen-bond donors (Lipinski definition) is 3. The van der Waals surface area contributed by atoms with E-state index in [-0.39, 0.29) is 19.0 Å². The number of carboxylic acids is 1. The van der Waals surface area contributed by atoms with E-state index in [1.807, 2.05) is 0 Å². The highest BCUT2D eigenvalue weighted by atomic mass is 16.4. The molecule has 0 aliphatic carbocycles. The molecule has 0 aromatic heterocycles. The van der Waals surface area contributed by atoms with E-state index in [1.54, 1.807) is 20.8 Å². The Morgan fingerprint density at radius 1 is 1.29 bits per heavy atom. The number of aliphatic carboxylic acids is 1. The van der Waals surface area contributed by atoms with Crippen LogP contribution in [-0.4, -0.2) is 46.5 Å². The molecule has 98 valence electrons. The minimum absolute atomic E-state index is 0.0186. The van der Waals surface area contributed by atoms with Crippen LogP contribution >= 0.6 is 0 Å². The molecule has 0 fully saturated rings. The van der Waals surface area contributed by atoms with E-state index in [0.717, 1.165) is 0 Å². The molecule has 0 radical (unpaired) electrons. The Labute approximate surface area is 100.0 Å². The van der Waals surface area contributed by atoms with Gasteiger partial charge in [-0.15, -0.1) is 0 Å². The average molecular weight is 245 g/mol. The third-order valence-electron chi connectivity index (χ3n) is 2.07. The zero-order valence-corrected chi connectivity index (χ0v) is 10.3. The molecule has 4 N–H and O–H groups in total. The van der Waals surface area contributed by atoms with Gasteiger partial charge in [-0.2, -0.15) is 0 Å². The van der Waals surface area contributed by atoms with Crippen molar-refractivity contribution in [2.75, 3.05) is 6.54 Å². The van der Waals surface area contributed by atoms with Gasteiger partial charge in [0, 0.05) is 18.5 Å². The number of rotatable bonds is 6. The number of nitrogens with two attached hydrogens (primary N) is 1. The second kappa shape index (κ2) is 6.72. The molecule has 7 nitrogen and oxygen atoms in total. The molecule has 17 heavy (non-hydrogen) atoms. The van der Waals surface area contributed by atoms with Gasteiger partial charge in [-0.1, -0.05) is 0 Å². The maximum atomic E-state index is 11.7. The molecule has 0 rings (SSSR count). The summed E-state index contributed by atoms with van der Waals surface area (Å²) < 4.78 is 0. The second-order valence-electron chi connectivity index (χ2n) is 4.14. The normalized spacial score (nSPS) is 12.0. The zero-order chi connectivity index (χ0) is 13.6. The first kappa shape index (κ1) is 15.2. The Hall–Kier alpha value is -1.79. The second-order valence-corrected chi connectivity index (χ2v) is 4.14. The summed E-state index contributed by atoms with van der Waals surface area (Å²) in [6.45, 7) is 4.66. The first-order chi connectivity index (χ1) is 7.73. The molecule has 0 saturated carbocycles. The zero-order valence-electron chi connectivity index (χ0n) is 10.3. The molecule has 0 aliphatic rings. The van der Waals surface area contributed by atoms with Gasteiger partial charge in [0.25, 0.3) is 0 Å². The van der Waals surface area contributed by atoms with Gasteiger partial charge in [-0.25, -0.2) is 4.79 Å². The molecule has 0 heterocycles. The predicted octanol–water partition coefficient (Wildman–Crippen LogP) is -0.245. The van der Waals surface area contributed by atoms with E-state index in [1.165, 1.54) is 4.90 Å². The number of urea groups is 1. The Morgan fingerprint density at radius 3 is 2.18 bits per heavy atom. The average Bonchev–Trinajstić information content (AvgIpc) is 2.11. The number of amides is 3. The van der Waals surface area contributed by atoms with Crippen molar-refractivity contribution < 1.29 is 19.5 Å². The van der Waals surface area contributed by atoms with Gasteiger partial charge in [-0.3, -0.25) is 9.59 Å². The van der Waals surface area contributed by atoms with Gasteiger partial charge in [0.15, 0.2) is 0 Å². The Kier molecular flexibility index (Phi) is 6.01. The smallest absolute Gasteiger partial charge is 0.323 e. The summed E-state index contributed by atoms with van der Waals surface area (Å²) in [7, 11) is 0. The SMILES string of the molecule is CC(CC(N)=O)NC(=O)N(CC(=O)O)C(C)C. The van der Waals surface area contributed by atoms with E-state index < -0.39 is 23.9 Å². The van der Waals surface area contributed by atoms with Gasteiger partial charge in [-0.05, 0) is 20.8 Å². The van der Waals surface area contributed by atoms with Crippen molar-refractivity contribution in [2.24, 2.45) is 5.73 Å². The summed E-state index contributed by atoms with van der Waals surface area (Å²) >= 11 is 0. The highest BCUT2D eigenvalue weighted by Crippen LogP contribution is 2.00. The van der Waals surface area contributed by atoms with Crippen molar-refractivity contribution in [3.05, 3.63) is 0 Å². The summed E-state index contributed by atoms with van der Waals surface area (Å²) in [6, 6.07) is -1.18. The number of hydrogen-bond acceptors (Lipinski definition) is 3. The van der Waals surface area contributed by atoms with Crippen LogP contribution in [0.2, 0.25) is 0 Å². The molecular weight excluding hydrogens is 226 g/mol. The van der Waals surface area contributed by atoms with Gasteiger partial charge in [0.2, 0.25) is 5.91 Å². The van der Waals surface area contributed by atoms with E-state index in [2.05, 4.69) is 5.32 Å². The fourth-order valence-corrected chi connectivity index (χ4v) is 1.28. The predicted molar refractivity (Wildman–Crippen MR) is 61.3 cm³/mol. The third-order valence-corrected chi connectivity index (χ3v) is 2.07. The topological polar surface area (TPSA) is 113 Å². The number of nitrogens with zero attached hydrogens (tertiary/aromatic N) is 1. The van der Waals surface area contributed by atoms with Gasteiger partial charge >= 0.3 is 12.0 Å². The summed E-state index contributed by atoms with van der Waals surface area (Å²) in [5.41, 5.74) is 4.99. The van der Waals surface area contributed by atoms with E-state index in [9.17, 15) is 14.4 Å². The summed E-state index contributed by atoms with van der Waals surface area (Å²) in [6.07, 6.45) is 0.0186. The lowest BCUT2D eigenvalue weighted by Crippen LogP contribution is -2.49. The molecule has 7 heteroatoms. The largest absolute Gasteiger partial charge is 0.480 e. The maximum Gasteiger partial charge on any atom is 0.323 e. The van der Waals surface area contributed by atoms with Crippen LogP contribution in [0.5, 0.6) is 0 Å². The molecule has 0 aromatic rings. The Bertz CT molecular complexity index is 304. The van der Waals surface area contributed by atoms with Crippen molar-refractivity contribution in [1.29, 1.82) is 0 Å². The molecule has 0 saturated heterocycles. The summed E-state index contributed by atoms with van der Waals surface area (Å²) in [5, 5.41) is 11.2. The molecule has 0 aromatic carbocycles. The fraction of sp³-hybridized carbons (Fsp3) is 0.700. The van der Waals surface area contributed by atoms with Gasteiger partial charge in [0.05, 0.1) is 0 Å². The Balaban J connectivity index is 4.42. The van der Waals surface area contributed by atoms with Crippen molar-refractivity contribution >= 4 is 17.9 Å². The van der Waals surface area contributed by atoms with Crippen LogP contribution in [0.15, 0.2) is 0 Å². The van der Waals surface area contributed by atoms with E-state index in [0.29, 0.717) is 0 Å². The first-order valence-electron chi connectivity index (χ1n) is 5.31. The first-order valence-corrected chi connectivity index (χ1v) is 5.31. The van der Waals surface area contributed by atoms with Crippen molar-refractivity contribution in [3.63, 3.8) is 0 Å². The van der Waals surface area contributed by atoms with E-state index in [4.69, 9.17) is 10.8 Å². The molecule has 0 aliphatic heterocycles. The fourth-order valence-electron chi connectivity index (χ4n) is 1.28. The highest BCUT2D eigenvalue weighted by molar-refractivity contribution is 5.81. The minimum atomic E-state index is -1.09. The standard InChI is InChI=1S/C10H19N3O4/c1-6(2)13(5-9(15)16)10(17)12-7(3)4-8(11)14/h6-7H,4-5H2,1-3H3,(H2,11,14)(H,12,17)(H,15,16). The summed E-state index contributed by atoms with van der Waals surface area (Å²) in [4.78, 5) is 34.1. The van der Waals surface area contributed by atoms with E-state index >= 15 is 0 Å². The lowest BCUT2D eigenvalue weighted by atomic mass is 10.2. The molecule has 1 atom stereocenters. The quantitative estimate of drug-likeness (QED) is 0.599. The van der Waals surface area contributed by atoms with Crippen molar-refractivity contribution in [2.45, 2.75) is 39.3 Å². The molecule has 0 bridgehead atoms. The summed E-state index contributed by atoms with van der Waals surface area (Å²) in [5.74, 6) is -1.61. The maximum absolute atomic E-state index is 11.7. The van der Waals surface area contributed by atoms with Crippen molar-refractivity contribution in [1.82, 2.24) is 10.2 Å². The third kappa shape index (κ3) is 6.39. The Morgan fingerprint density at radius 2 is 1.82 bits per heavy atom. The van der Waals surface area contributed by atoms with Crippen LogP contribution in [0.1, 0.15) is 27.2 Å². The minimum Gasteiger partial charge on any atom is -0.480 e. The lowest BCUT2D eigenvalue weighted by molar-refractivity contribution is -0.138. The number of carbonyl (C=O) groups is 3. The van der Waals surface area contributed by atoms with Crippen LogP contribution in [0.3, 0.4) is 0 Å². The van der Waals surface area contributed by atoms with Crippen LogP contribution < -0.4 is 11.1 Å². The van der Waals surface area contributed by atoms with Crippen LogP contribution in [-0.2, 0) is 9.59 Å². The molecule has 0 spiro atoms. The molecule has 1 unspecified atom stereocenters. The van der Waals surface area contributed by atoms with Crippen LogP contribution in [0, 0.1) is 0 Å². The number of carbonyl (C=O) groups excluding carboxylic acids is 2. The van der Waals surface area contributed by atoms with Crippen LogP contribution in [0.25, 0.3) is 0 Å². The molecule has 3 amide bonds.